The van der Waals surface area contributed by atoms with Crippen molar-refractivity contribution in [3.05, 3.63) is 0 Å². The second-order valence-corrected chi connectivity index (χ2v) is 10.8. The second kappa shape index (κ2) is 5.45. The summed E-state index contributed by atoms with van der Waals surface area (Å²) in [5, 5.41) is 13.5. The Bertz CT molecular complexity index is 563. The van der Waals surface area contributed by atoms with Gasteiger partial charge in [0, 0.05) is 28.6 Å². The second-order valence-electron chi connectivity index (χ2n) is 6.83. The molecule has 0 radical (unpaired) electrons. The monoisotopic (exact) mass is 375 g/mol. The first-order valence-electron chi connectivity index (χ1n) is 7.87. The molecule has 9 heteroatoms. The van der Waals surface area contributed by atoms with Crippen LogP contribution in [0.3, 0.4) is 0 Å². The van der Waals surface area contributed by atoms with Gasteiger partial charge in [-0.25, -0.2) is 4.79 Å². The van der Waals surface area contributed by atoms with Gasteiger partial charge in [-0.2, -0.15) is 11.8 Å². The Morgan fingerprint density at radius 2 is 2.30 bits per heavy atom. The van der Waals surface area contributed by atoms with E-state index in [1.807, 2.05) is 30.4 Å². The van der Waals surface area contributed by atoms with Gasteiger partial charge in [0.15, 0.2) is 0 Å². The normalized spacial score (nSPS) is 45.9. The Morgan fingerprint density at radius 1 is 1.52 bits per heavy atom. The number of aliphatic carboxylic acids is 1. The van der Waals surface area contributed by atoms with Crippen LogP contribution in [-0.4, -0.2) is 72.3 Å². The summed E-state index contributed by atoms with van der Waals surface area (Å²) in [5.74, 6) is 1.22. The molecule has 4 fully saturated rings. The zero-order chi connectivity index (χ0) is 16.4. The van der Waals surface area contributed by atoms with Crippen molar-refractivity contribution in [2.75, 3.05) is 17.3 Å². The molecule has 0 aromatic heterocycles. The third-order valence-electron chi connectivity index (χ3n) is 5.15. The van der Waals surface area contributed by atoms with Gasteiger partial charge in [-0.3, -0.25) is 10.1 Å². The van der Waals surface area contributed by atoms with Crippen LogP contribution in [0.4, 0.5) is 0 Å². The van der Waals surface area contributed by atoms with Crippen LogP contribution in [0, 0.1) is 0 Å². The van der Waals surface area contributed by atoms with Gasteiger partial charge in [0.25, 0.3) is 0 Å². The number of hydrogen-bond acceptors (Lipinski definition) is 7. The van der Waals surface area contributed by atoms with Gasteiger partial charge in [0.2, 0.25) is 5.91 Å². The van der Waals surface area contributed by atoms with Crippen molar-refractivity contribution < 1.29 is 14.7 Å². The van der Waals surface area contributed by atoms with Crippen molar-refractivity contribution in [2.24, 2.45) is 5.73 Å². The molecule has 6 nitrogen and oxygen atoms in total. The van der Waals surface area contributed by atoms with Gasteiger partial charge in [0.1, 0.15) is 10.9 Å². The molecule has 1 aliphatic carbocycles. The highest BCUT2D eigenvalue weighted by molar-refractivity contribution is 8.05. The van der Waals surface area contributed by atoms with Crippen LogP contribution >= 0.6 is 35.3 Å². The third kappa shape index (κ3) is 2.19. The Balaban J connectivity index is 1.68. The Morgan fingerprint density at radius 3 is 3.00 bits per heavy atom. The molecule has 0 aromatic rings. The van der Waals surface area contributed by atoms with Crippen LogP contribution in [-0.2, 0) is 9.59 Å². The van der Waals surface area contributed by atoms with E-state index in [0.29, 0.717) is 11.0 Å². The maximum Gasteiger partial charge on any atom is 0.327 e. The van der Waals surface area contributed by atoms with Gasteiger partial charge in [-0.1, -0.05) is 0 Å². The molecule has 1 saturated carbocycles. The molecule has 3 heterocycles. The lowest BCUT2D eigenvalue weighted by molar-refractivity contribution is -0.155. The van der Waals surface area contributed by atoms with Gasteiger partial charge in [0.05, 0.1) is 10.9 Å². The van der Waals surface area contributed by atoms with E-state index in [-0.39, 0.29) is 22.9 Å². The third-order valence-corrected chi connectivity index (χ3v) is 10.1. The van der Waals surface area contributed by atoms with Crippen LogP contribution in [0.25, 0.3) is 0 Å². The minimum absolute atomic E-state index is 0.0270. The quantitative estimate of drug-likeness (QED) is 0.649. The molecule has 128 valence electrons. The first kappa shape index (κ1) is 16.4. The SMILES string of the molecule is C[C@@H](N)CSC1CC23NC(CS2)C(=O)N2C(C(=O)O)CSC23C1. The summed E-state index contributed by atoms with van der Waals surface area (Å²) in [6, 6.07) is -0.770. The van der Waals surface area contributed by atoms with Crippen molar-refractivity contribution >= 4 is 47.2 Å². The highest BCUT2D eigenvalue weighted by atomic mass is 32.2. The van der Waals surface area contributed by atoms with Crippen LogP contribution in [0.15, 0.2) is 0 Å². The lowest BCUT2D eigenvalue weighted by Gasteiger charge is -2.50. The van der Waals surface area contributed by atoms with E-state index in [1.54, 1.807) is 16.7 Å². The maximum atomic E-state index is 12.8. The van der Waals surface area contributed by atoms with Crippen molar-refractivity contribution in [1.82, 2.24) is 10.2 Å². The molecular weight excluding hydrogens is 354 g/mol. The van der Waals surface area contributed by atoms with Gasteiger partial charge in [-0.15, -0.1) is 23.5 Å². The van der Waals surface area contributed by atoms with E-state index in [0.717, 1.165) is 24.3 Å². The molecular formula is C14H21N3O3S3. The van der Waals surface area contributed by atoms with Gasteiger partial charge < -0.3 is 15.7 Å². The molecule has 1 amide bonds. The van der Waals surface area contributed by atoms with E-state index < -0.39 is 16.9 Å². The van der Waals surface area contributed by atoms with Crippen LogP contribution < -0.4 is 11.1 Å². The number of fused-ring (bicyclic) bond motifs is 1. The summed E-state index contributed by atoms with van der Waals surface area (Å²) in [4.78, 5) is 25.6. The summed E-state index contributed by atoms with van der Waals surface area (Å²) in [5.41, 5.74) is 5.89. The average Bonchev–Trinajstić information content (AvgIpc) is 3.14. The fraction of sp³-hybridized carbons (Fsp3) is 0.857. The zero-order valence-electron chi connectivity index (χ0n) is 12.9. The molecule has 23 heavy (non-hydrogen) atoms. The minimum atomic E-state index is -0.879. The number of nitrogens with two attached hydrogens (primary N) is 1. The highest BCUT2D eigenvalue weighted by Gasteiger charge is 2.73. The average molecular weight is 376 g/mol. The number of piperazine rings is 1. The Kier molecular flexibility index (Phi) is 3.88. The lowest BCUT2D eigenvalue weighted by atomic mass is 10.00. The van der Waals surface area contributed by atoms with E-state index in [2.05, 4.69) is 5.32 Å². The van der Waals surface area contributed by atoms with Crippen LogP contribution in [0.1, 0.15) is 19.8 Å². The number of carbonyl (C=O) groups is 2. The van der Waals surface area contributed by atoms with Crippen molar-refractivity contribution in [3.63, 3.8) is 0 Å². The summed E-state index contributed by atoms with van der Waals surface area (Å²) in [7, 11) is 0. The predicted octanol–water partition coefficient (Wildman–Crippen LogP) is 0.369. The smallest absolute Gasteiger partial charge is 0.327 e. The minimum Gasteiger partial charge on any atom is -0.480 e. The van der Waals surface area contributed by atoms with Crippen LogP contribution in [0.2, 0.25) is 0 Å². The maximum absolute atomic E-state index is 12.8. The molecule has 2 bridgehead atoms. The zero-order valence-corrected chi connectivity index (χ0v) is 15.3. The number of nitrogens with one attached hydrogen (secondary N) is 1. The number of carboxylic acids is 1. The number of nitrogens with zero attached hydrogens (tertiary/aromatic N) is 1. The van der Waals surface area contributed by atoms with Crippen molar-refractivity contribution in [3.8, 4) is 0 Å². The number of carboxylic acid groups (broad SMARTS) is 1. The molecule has 6 atom stereocenters. The molecule has 4 N–H and O–H groups in total. The molecule has 2 spiro atoms. The summed E-state index contributed by atoms with van der Waals surface area (Å²) < 4.78 is 0. The summed E-state index contributed by atoms with van der Waals surface area (Å²) in [6.45, 7) is 2.00. The topological polar surface area (TPSA) is 95.7 Å². The summed E-state index contributed by atoms with van der Waals surface area (Å²) >= 11 is 5.36. The van der Waals surface area contributed by atoms with Crippen molar-refractivity contribution in [1.29, 1.82) is 0 Å². The van der Waals surface area contributed by atoms with E-state index in [1.165, 1.54) is 0 Å². The van der Waals surface area contributed by atoms with E-state index in [4.69, 9.17) is 5.73 Å². The standard InChI is InChI=1S/C14H21N3O3S3/c1-7(15)4-21-8-2-13-14(3-8)17(10(6-23-14)12(19)20)11(18)9(16-13)5-22-13/h7-10,16H,2-6,15H2,1H3,(H,19,20)/t7-,8?,9?,10?,13?,14?/m1/s1. The molecule has 0 aromatic carbocycles. The fourth-order valence-corrected chi connectivity index (χ4v) is 9.53. The van der Waals surface area contributed by atoms with E-state index >= 15 is 0 Å². The molecule has 3 aliphatic heterocycles. The van der Waals surface area contributed by atoms with Crippen LogP contribution in [0.5, 0.6) is 0 Å². The fourth-order valence-electron chi connectivity index (χ4n) is 4.26. The van der Waals surface area contributed by atoms with Gasteiger partial charge in [-0.05, 0) is 19.8 Å². The first-order valence-corrected chi connectivity index (χ1v) is 10.9. The number of amides is 1. The number of thioether (sulfide) groups is 3. The lowest BCUT2D eigenvalue weighted by Crippen LogP contribution is -2.71. The number of rotatable bonds is 4. The largest absolute Gasteiger partial charge is 0.480 e. The molecule has 3 saturated heterocycles. The molecule has 5 unspecified atom stereocenters. The first-order chi connectivity index (χ1) is 10.9. The van der Waals surface area contributed by atoms with Crippen molar-refractivity contribution in [2.45, 2.75) is 52.9 Å². The highest BCUT2D eigenvalue weighted by Crippen LogP contribution is 2.65. The Hall–Kier alpha value is -0.0900. The number of hydrogen-bond donors (Lipinski definition) is 3. The van der Waals surface area contributed by atoms with E-state index in [9.17, 15) is 14.7 Å². The number of carbonyl (C=O) groups excluding carboxylic acids is 1. The molecule has 4 aliphatic rings. The summed E-state index contributed by atoms with van der Waals surface area (Å²) in [6.07, 6.45) is 1.81. The predicted molar refractivity (Wildman–Crippen MR) is 94.7 cm³/mol. The molecule has 4 rings (SSSR count). The van der Waals surface area contributed by atoms with Gasteiger partial charge >= 0.3 is 5.97 Å². The Labute approximate surface area is 148 Å².